The first-order valence-corrected chi connectivity index (χ1v) is 7.75. The molecule has 0 aliphatic heterocycles. The predicted molar refractivity (Wildman–Crippen MR) is 77.8 cm³/mol. The Bertz CT molecular complexity index is 493. The van der Waals surface area contributed by atoms with E-state index in [0.717, 1.165) is 29.4 Å². The highest BCUT2D eigenvalue weighted by atomic mass is 32.1. The fourth-order valence-corrected chi connectivity index (χ4v) is 3.41. The van der Waals surface area contributed by atoms with Crippen molar-refractivity contribution in [2.75, 3.05) is 13.7 Å². The van der Waals surface area contributed by atoms with E-state index >= 15 is 0 Å². The van der Waals surface area contributed by atoms with Gasteiger partial charge in [0.1, 0.15) is 5.75 Å². The van der Waals surface area contributed by atoms with Gasteiger partial charge in [-0.05, 0) is 19.5 Å². The molecule has 2 heterocycles. The SMILES string of the molecule is CCNC(Cc1csc(C)n1)c1cc(OC)cs1. The lowest BCUT2D eigenvalue weighted by Gasteiger charge is -2.14. The summed E-state index contributed by atoms with van der Waals surface area (Å²) in [5, 5.41) is 8.83. The molecule has 0 aliphatic carbocycles. The molecule has 1 atom stereocenters. The second kappa shape index (κ2) is 6.31. The third kappa shape index (κ3) is 3.31. The van der Waals surface area contributed by atoms with Crippen LogP contribution in [-0.4, -0.2) is 18.6 Å². The number of thiazole rings is 1. The van der Waals surface area contributed by atoms with Crippen LogP contribution in [0.25, 0.3) is 0 Å². The van der Waals surface area contributed by atoms with Crippen molar-refractivity contribution in [1.29, 1.82) is 0 Å². The summed E-state index contributed by atoms with van der Waals surface area (Å²) in [5.74, 6) is 0.937. The van der Waals surface area contributed by atoms with Crippen LogP contribution in [0.5, 0.6) is 5.75 Å². The Labute approximate surface area is 116 Å². The molecule has 0 amide bonds. The largest absolute Gasteiger partial charge is 0.496 e. The molecule has 2 rings (SSSR count). The van der Waals surface area contributed by atoms with Crippen molar-refractivity contribution in [3.63, 3.8) is 0 Å². The lowest BCUT2D eigenvalue weighted by molar-refractivity contribution is 0.415. The molecule has 2 aromatic rings. The topological polar surface area (TPSA) is 34.2 Å². The average molecular weight is 282 g/mol. The van der Waals surface area contributed by atoms with Gasteiger partial charge < -0.3 is 10.1 Å². The van der Waals surface area contributed by atoms with Crippen molar-refractivity contribution in [2.45, 2.75) is 26.3 Å². The number of nitrogens with zero attached hydrogens (tertiary/aromatic N) is 1. The van der Waals surface area contributed by atoms with Gasteiger partial charge in [0.2, 0.25) is 0 Å². The number of likely N-dealkylation sites (N-methyl/N-ethyl adjacent to an activating group) is 1. The Hall–Kier alpha value is -0.910. The number of hydrogen-bond acceptors (Lipinski definition) is 5. The minimum Gasteiger partial charge on any atom is -0.496 e. The van der Waals surface area contributed by atoms with Crippen molar-refractivity contribution in [2.24, 2.45) is 0 Å². The Kier molecular flexibility index (Phi) is 4.74. The van der Waals surface area contributed by atoms with E-state index in [1.165, 1.54) is 4.88 Å². The molecule has 0 radical (unpaired) electrons. The van der Waals surface area contributed by atoms with E-state index in [0.29, 0.717) is 6.04 Å². The molecule has 0 saturated heterocycles. The third-order valence-electron chi connectivity index (χ3n) is 2.71. The van der Waals surface area contributed by atoms with Crippen LogP contribution in [0.4, 0.5) is 0 Å². The number of methoxy groups -OCH3 is 1. The quantitative estimate of drug-likeness (QED) is 0.881. The number of aryl methyl sites for hydroxylation is 1. The molecule has 3 nitrogen and oxygen atoms in total. The van der Waals surface area contributed by atoms with Gasteiger partial charge in [0.15, 0.2) is 0 Å². The maximum absolute atomic E-state index is 5.25. The standard InChI is InChI=1S/C13H18N2OS2/c1-4-14-12(5-10-7-17-9(2)15-10)13-6-11(16-3)8-18-13/h6-8,12,14H,4-5H2,1-3H3. The molecule has 1 N–H and O–H groups in total. The minimum atomic E-state index is 0.324. The van der Waals surface area contributed by atoms with Gasteiger partial charge in [-0.25, -0.2) is 4.98 Å². The van der Waals surface area contributed by atoms with Gasteiger partial charge in [0.05, 0.1) is 17.8 Å². The number of thiophene rings is 1. The van der Waals surface area contributed by atoms with E-state index in [9.17, 15) is 0 Å². The van der Waals surface area contributed by atoms with Gasteiger partial charge in [-0.1, -0.05) is 6.92 Å². The van der Waals surface area contributed by atoms with Gasteiger partial charge in [-0.3, -0.25) is 0 Å². The van der Waals surface area contributed by atoms with Crippen LogP contribution in [0.1, 0.15) is 28.5 Å². The zero-order chi connectivity index (χ0) is 13.0. The van der Waals surface area contributed by atoms with Crippen molar-refractivity contribution >= 4 is 22.7 Å². The van der Waals surface area contributed by atoms with Crippen LogP contribution in [0, 0.1) is 6.92 Å². The first-order valence-electron chi connectivity index (χ1n) is 5.99. The monoisotopic (exact) mass is 282 g/mol. The molecule has 0 aromatic carbocycles. The Morgan fingerprint density at radius 3 is 2.78 bits per heavy atom. The van der Waals surface area contributed by atoms with E-state index in [1.54, 1.807) is 29.8 Å². The summed E-state index contributed by atoms with van der Waals surface area (Å²) in [4.78, 5) is 5.84. The van der Waals surface area contributed by atoms with Crippen LogP contribution in [0.15, 0.2) is 16.8 Å². The Morgan fingerprint density at radius 1 is 1.39 bits per heavy atom. The van der Waals surface area contributed by atoms with Crippen molar-refractivity contribution in [3.8, 4) is 5.75 Å². The highest BCUT2D eigenvalue weighted by molar-refractivity contribution is 7.10. The number of ether oxygens (including phenoxy) is 1. The van der Waals surface area contributed by atoms with E-state index < -0.39 is 0 Å². The summed E-state index contributed by atoms with van der Waals surface area (Å²) in [6, 6.07) is 2.43. The molecule has 2 aromatic heterocycles. The zero-order valence-corrected chi connectivity index (χ0v) is 12.5. The van der Waals surface area contributed by atoms with Gasteiger partial charge in [0.25, 0.3) is 0 Å². The molecule has 0 bridgehead atoms. The maximum Gasteiger partial charge on any atom is 0.129 e. The first kappa shape index (κ1) is 13.5. The normalized spacial score (nSPS) is 12.6. The Morgan fingerprint density at radius 2 is 2.22 bits per heavy atom. The highest BCUT2D eigenvalue weighted by Crippen LogP contribution is 2.29. The molecule has 98 valence electrons. The smallest absolute Gasteiger partial charge is 0.129 e. The lowest BCUT2D eigenvalue weighted by atomic mass is 10.1. The molecular weight excluding hydrogens is 264 g/mol. The lowest BCUT2D eigenvalue weighted by Crippen LogP contribution is -2.22. The van der Waals surface area contributed by atoms with Crippen LogP contribution in [0.3, 0.4) is 0 Å². The average Bonchev–Trinajstić information content (AvgIpc) is 2.97. The van der Waals surface area contributed by atoms with E-state index in [2.05, 4.69) is 28.7 Å². The van der Waals surface area contributed by atoms with Crippen molar-refractivity contribution in [1.82, 2.24) is 10.3 Å². The molecule has 5 heteroatoms. The van der Waals surface area contributed by atoms with Crippen LogP contribution in [0.2, 0.25) is 0 Å². The van der Waals surface area contributed by atoms with Gasteiger partial charge in [0, 0.05) is 28.1 Å². The molecule has 0 spiro atoms. The fraction of sp³-hybridized carbons (Fsp3) is 0.462. The van der Waals surface area contributed by atoms with Crippen molar-refractivity contribution in [3.05, 3.63) is 32.4 Å². The van der Waals surface area contributed by atoms with Gasteiger partial charge in [-0.2, -0.15) is 0 Å². The van der Waals surface area contributed by atoms with E-state index in [4.69, 9.17) is 4.74 Å². The maximum atomic E-state index is 5.25. The second-order valence-electron chi connectivity index (χ2n) is 4.06. The summed E-state index contributed by atoms with van der Waals surface area (Å²) in [6.45, 7) is 5.13. The van der Waals surface area contributed by atoms with Crippen molar-refractivity contribution < 1.29 is 4.74 Å². The molecule has 0 fully saturated rings. The summed E-state index contributed by atoms with van der Waals surface area (Å²) in [7, 11) is 1.71. The predicted octanol–water partition coefficient (Wildman–Crippen LogP) is 3.41. The molecule has 18 heavy (non-hydrogen) atoms. The zero-order valence-electron chi connectivity index (χ0n) is 10.9. The van der Waals surface area contributed by atoms with Crippen LogP contribution >= 0.6 is 22.7 Å². The first-order chi connectivity index (χ1) is 8.72. The highest BCUT2D eigenvalue weighted by Gasteiger charge is 2.15. The molecule has 1 unspecified atom stereocenters. The van der Waals surface area contributed by atoms with E-state index in [1.807, 2.05) is 12.3 Å². The number of aromatic nitrogens is 1. The molecular formula is C13H18N2OS2. The summed E-state index contributed by atoms with van der Waals surface area (Å²) in [6.07, 6.45) is 0.932. The molecule has 0 saturated carbocycles. The summed E-state index contributed by atoms with van der Waals surface area (Å²) < 4.78 is 5.25. The third-order valence-corrected chi connectivity index (χ3v) is 4.55. The van der Waals surface area contributed by atoms with Crippen LogP contribution in [-0.2, 0) is 6.42 Å². The number of nitrogens with one attached hydrogen (secondary N) is 1. The molecule has 0 aliphatic rings. The van der Waals surface area contributed by atoms with Gasteiger partial charge >= 0.3 is 0 Å². The second-order valence-corrected chi connectivity index (χ2v) is 6.07. The summed E-state index contributed by atoms with van der Waals surface area (Å²) in [5.41, 5.74) is 1.16. The van der Waals surface area contributed by atoms with E-state index in [-0.39, 0.29) is 0 Å². The van der Waals surface area contributed by atoms with Crippen LogP contribution < -0.4 is 10.1 Å². The van der Waals surface area contributed by atoms with Gasteiger partial charge in [-0.15, -0.1) is 22.7 Å². The fourth-order valence-electron chi connectivity index (χ4n) is 1.86. The number of hydrogen-bond donors (Lipinski definition) is 1. The minimum absolute atomic E-state index is 0.324. The Balaban J connectivity index is 2.12. The number of rotatable bonds is 6. The summed E-state index contributed by atoms with van der Waals surface area (Å²) >= 11 is 3.45.